The molecule has 194 valence electrons. The zero-order valence-corrected chi connectivity index (χ0v) is 22.4. The van der Waals surface area contributed by atoms with Gasteiger partial charge in [-0.1, -0.05) is 18.2 Å². The van der Waals surface area contributed by atoms with Gasteiger partial charge in [-0.15, -0.1) is 0 Å². The van der Waals surface area contributed by atoms with Crippen LogP contribution in [0.15, 0.2) is 48.7 Å². The van der Waals surface area contributed by atoms with Gasteiger partial charge in [0.1, 0.15) is 11.6 Å². The fourth-order valence-corrected chi connectivity index (χ4v) is 5.33. The molecule has 0 saturated heterocycles. The Kier molecular flexibility index (Phi) is 7.99. The normalized spacial score (nSPS) is 18.9. The summed E-state index contributed by atoms with van der Waals surface area (Å²) in [5.41, 5.74) is 3.37. The highest BCUT2D eigenvalue weighted by atomic mass is 32.1. The van der Waals surface area contributed by atoms with Crippen LogP contribution in [0.2, 0.25) is 0 Å². The summed E-state index contributed by atoms with van der Waals surface area (Å²) in [5.74, 6) is 3.13. The Hall–Kier alpha value is -3.46. The van der Waals surface area contributed by atoms with Gasteiger partial charge >= 0.3 is 0 Å². The summed E-state index contributed by atoms with van der Waals surface area (Å²) < 4.78 is 5.75. The van der Waals surface area contributed by atoms with E-state index in [9.17, 15) is 0 Å². The van der Waals surface area contributed by atoms with Crippen molar-refractivity contribution < 1.29 is 4.74 Å². The molecule has 3 N–H and O–H groups in total. The molecule has 1 fully saturated rings. The van der Waals surface area contributed by atoms with Crippen LogP contribution in [0.1, 0.15) is 49.8 Å². The second-order valence-corrected chi connectivity index (χ2v) is 10.4. The molecule has 2 heterocycles. The Balaban J connectivity index is 1.09. The number of benzene rings is 1. The van der Waals surface area contributed by atoms with Crippen molar-refractivity contribution in [3.05, 3.63) is 59.9 Å². The molecule has 0 spiro atoms. The minimum absolute atomic E-state index is 0.341. The third-order valence-corrected chi connectivity index (χ3v) is 7.16. The number of rotatable bonds is 7. The lowest BCUT2D eigenvalue weighted by molar-refractivity contribution is 0.387. The summed E-state index contributed by atoms with van der Waals surface area (Å²) in [4.78, 5) is 16.2. The molecular weight excluding hydrogens is 482 g/mol. The molecule has 1 saturated carbocycles. The number of aryl methyl sites for hydroxylation is 1. The maximum Gasteiger partial charge on any atom is 0.225 e. The number of para-hydroxylation sites is 1. The number of hydrogen-bond donors (Lipinski definition) is 3. The van der Waals surface area contributed by atoms with Crippen molar-refractivity contribution in [3.63, 3.8) is 0 Å². The van der Waals surface area contributed by atoms with E-state index in [0.717, 1.165) is 61.7 Å². The Morgan fingerprint density at radius 1 is 0.946 bits per heavy atom. The van der Waals surface area contributed by atoms with Gasteiger partial charge < -0.3 is 25.6 Å². The molecule has 9 heteroatoms. The number of pyridine rings is 1. The van der Waals surface area contributed by atoms with Crippen LogP contribution in [0, 0.1) is 0 Å². The predicted molar refractivity (Wildman–Crippen MR) is 153 cm³/mol. The van der Waals surface area contributed by atoms with E-state index in [1.54, 1.807) is 6.20 Å². The van der Waals surface area contributed by atoms with E-state index < -0.39 is 0 Å². The van der Waals surface area contributed by atoms with Crippen LogP contribution in [0.5, 0.6) is 11.6 Å². The molecule has 0 atom stereocenters. The smallest absolute Gasteiger partial charge is 0.225 e. The second kappa shape index (κ2) is 11.7. The van der Waals surface area contributed by atoms with Gasteiger partial charge in [-0.3, -0.25) is 0 Å². The number of nitrogens with one attached hydrogen (secondary N) is 3. The monoisotopic (exact) mass is 517 g/mol. The first-order chi connectivity index (χ1) is 18.0. The highest BCUT2D eigenvalue weighted by Gasteiger charge is 2.24. The number of anilines is 3. The molecule has 2 aromatic heterocycles. The van der Waals surface area contributed by atoms with Crippen molar-refractivity contribution in [3.8, 4) is 11.6 Å². The Morgan fingerprint density at radius 3 is 2.43 bits per heavy atom. The van der Waals surface area contributed by atoms with Crippen LogP contribution in [-0.2, 0) is 12.8 Å². The van der Waals surface area contributed by atoms with Crippen molar-refractivity contribution in [2.75, 3.05) is 29.6 Å². The van der Waals surface area contributed by atoms with Crippen LogP contribution in [0.25, 0.3) is 0 Å². The standard InChI is InChI=1S/C28H35N7OS/c1-35(2)26-23-10-6-7-11-24(23)33-27(34-26)30-19-12-14-20(15-13-19)31-28(37)32-21-16-17-25(29-18-21)36-22-8-4-3-5-9-22/h3-5,8-9,16-20H,6-7,10-15H2,1-2H3,(H,30,33,34)(H2,31,32,37). The maximum absolute atomic E-state index is 5.75. The van der Waals surface area contributed by atoms with Crippen molar-refractivity contribution >= 4 is 34.8 Å². The van der Waals surface area contributed by atoms with Crippen molar-refractivity contribution in [2.45, 2.75) is 63.5 Å². The zero-order valence-electron chi connectivity index (χ0n) is 21.5. The molecule has 0 aliphatic heterocycles. The van der Waals surface area contributed by atoms with E-state index in [1.807, 2.05) is 42.5 Å². The van der Waals surface area contributed by atoms with Gasteiger partial charge in [-0.05, 0) is 81.8 Å². The van der Waals surface area contributed by atoms with E-state index in [0.29, 0.717) is 23.1 Å². The molecular formula is C28H35N7OS. The van der Waals surface area contributed by atoms with Gasteiger partial charge in [-0.25, -0.2) is 9.97 Å². The third kappa shape index (κ3) is 6.65. The molecule has 0 bridgehead atoms. The minimum atomic E-state index is 0.341. The Bertz CT molecular complexity index is 1200. The molecule has 2 aliphatic carbocycles. The van der Waals surface area contributed by atoms with Crippen LogP contribution in [0.4, 0.5) is 17.5 Å². The summed E-state index contributed by atoms with van der Waals surface area (Å²) in [6.45, 7) is 0. The maximum atomic E-state index is 5.75. The number of aromatic nitrogens is 3. The first-order valence-corrected chi connectivity index (χ1v) is 13.5. The summed E-state index contributed by atoms with van der Waals surface area (Å²) >= 11 is 5.56. The van der Waals surface area contributed by atoms with Crippen LogP contribution in [0.3, 0.4) is 0 Å². The predicted octanol–water partition coefficient (Wildman–Crippen LogP) is 5.32. The summed E-state index contributed by atoms with van der Waals surface area (Å²) in [7, 11) is 4.13. The second-order valence-electron chi connectivity index (χ2n) is 9.99. The number of ether oxygens (including phenoxy) is 1. The van der Waals surface area contributed by atoms with Crippen LogP contribution < -0.4 is 25.6 Å². The van der Waals surface area contributed by atoms with Gasteiger partial charge in [0.2, 0.25) is 11.8 Å². The fourth-order valence-electron chi connectivity index (χ4n) is 5.05. The van der Waals surface area contributed by atoms with E-state index in [1.165, 1.54) is 24.1 Å². The first kappa shape index (κ1) is 25.2. The topological polar surface area (TPSA) is 87.2 Å². The summed E-state index contributed by atoms with van der Waals surface area (Å²) in [6, 6.07) is 14.1. The van der Waals surface area contributed by atoms with E-state index >= 15 is 0 Å². The molecule has 2 aliphatic rings. The van der Waals surface area contributed by atoms with E-state index in [2.05, 4.69) is 39.9 Å². The molecule has 0 amide bonds. The highest BCUT2D eigenvalue weighted by molar-refractivity contribution is 7.80. The number of fused-ring (bicyclic) bond motifs is 1. The molecule has 37 heavy (non-hydrogen) atoms. The third-order valence-electron chi connectivity index (χ3n) is 6.94. The largest absolute Gasteiger partial charge is 0.439 e. The van der Waals surface area contributed by atoms with Gasteiger partial charge in [0.05, 0.1) is 17.6 Å². The highest BCUT2D eigenvalue weighted by Crippen LogP contribution is 2.29. The molecule has 8 nitrogen and oxygen atoms in total. The van der Waals surface area contributed by atoms with Crippen molar-refractivity contribution in [1.82, 2.24) is 20.3 Å². The summed E-state index contributed by atoms with van der Waals surface area (Å²) in [5, 5.41) is 10.9. The quantitative estimate of drug-likeness (QED) is 0.361. The summed E-state index contributed by atoms with van der Waals surface area (Å²) in [6.07, 6.45) is 10.5. The van der Waals surface area contributed by atoms with Crippen LogP contribution in [-0.4, -0.2) is 46.2 Å². The molecule has 0 radical (unpaired) electrons. The Morgan fingerprint density at radius 2 is 1.70 bits per heavy atom. The molecule has 0 unspecified atom stereocenters. The molecule has 5 rings (SSSR count). The van der Waals surface area contributed by atoms with Gasteiger partial charge in [0, 0.05) is 37.8 Å². The lowest BCUT2D eigenvalue weighted by Crippen LogP contribution is -2.42. The number of thiocarbonyl (C=S) groups is 1. The Labute approximate surface area is 224 Å². The number of nitrogens with zero attached hydrogens (tertiary/aromatic N) is 4. The SMILES string of the molecule is CN(C)c1nc(NC2CCC(NC(=S)Nc3ccc(Oc4ccccc4)nc3)CC2)nc2c1CCCC2. The molecule has 3 aromatic rings. The van der Waals surface area contributed by atoms with Gasteiger partial charge in [-0.2, -0.15) is 4.98 Å². The lowest BCUT2D eigenvalue weighted by Gasteiger charge is -2.31. The number of hydrogen-bond acceptors (Lipinski definition) is 7. The van der Waals surface area contributed by atoms with Crippen LogP contribution >= 0.6 is 12.2 Å². The average molecular weight is 518 g/mol. The minimum Gasteiger partial charge on any atom is -0.439 e. The van der Waals surface area contributed by atoms with E-state index in [4.69, 9.17) is 26.9 Å². The van der Waals surface area contributed by atoms with Gasteiger partial charge in [0.15, 0.2) is 5.11 Å². The molecule has 1 aromatic carbocycles. The lowest BCUT2D eigenvalue weighted by atomic mass is 9.91. The fraction of sp³-hybridized carbons (Fsp3) is 0.429. The van der Waals surface area contributed by atoms with Crippen molar-refractivity contribution in [1.29, 1.82) is 0 Å². The van der Waals surface area contributed by atoms with Gasteiger partial charge in [0.25, 0.3) is 0 Å². The average Bonchev–Trinajstić information content (AvgIpc) is 2.91. The zero-order chi connectivity index (χ0) is 25.6. The van der Waals surface area contributed by atoms with E-state index in [-0.39, 0.29) is 0 Å². The van der Waals surface area contributed by atoms with Crippen molar-refractivity contribution in [2.24, 2.45) is 0 Å². The first-order valence-electron chi connectivity index (χ1n) is 13.1.